The standard InChI is InChI=1S/C19H23N5O2/c1-14-11-21-17(12-20-14)19(26)23-16-7-9-24(10-8-16)13-18(25)22-15-5-3-2-4-6-15/h2-6,11-12,16H,7-10,13H2,1H3,(H,22,25)(H,23,26). The summed E-state index contributed by atoms with van der Waals surface area (Å²) in [7, 11) is 0. The Morgan fingerprint density at radius 3 is 2.50 bits per heavy atom. The van der Waals surface area contributed by atoms with Crippen LogP contribution in [0, 0.1) is 6.92 Å². The molecule has 0 saturated carbocycles. The SMILES string of the molecule is Cc1cnc(C(=O)NC2CCN(CC(=O)Nc3ccccc3)CC2)cn1. The van der Waals surface area contributed by atoms with Crippen molar-refractivity contribution in [3.63, 3.8) is 0 Å². The average molecular weight is 353 g/mol. The van der Waals surface area contributed by atoms with E-state index in [1.807, 2.05) is 37.3 Å². The van der Waals surface area contributed by atoms with Crippen molar-refractivity contribution in [3.05, 3.63) is 54.1 Å². The summed E-state index contributed by atoms with van der Waals surface area (Å²) in [6.07, 6.45) is 4.70. The number of anilines is 1. The Bertz CT molecular complexity index is 740. The van der Waals surface area contributed by atoms with Crippen molar-refractivity contribution in [1.82, 2.24) is 20.2 Å². The summed E-state index contributed by atoms with van der Waals surface area (Å²) in [5, 5.41) is 5.89. The molecule has 0 bridgehead atoms. The summed E-state index contributed by atoms with van der Waals surface area (Å²) in [5.74, 6) is -0.216. The van der Waals surface area contributed by atoms with Gasteiger partial charge in [0.1, 0.15) is 5.69 Å². The van der Waals surface area contributed by atoms with Gasteiger partial charge < -0.3 is 10.6 Å². The summed E-state index contributed by atoms with van der Waals surface area (Å²) in [6, 6.07) is 9.53. The van der Waals surface area contributed by atoms with E-state index in [0.29, 0.717) is 12.2 Å². The summed E-state index contributed by atoms with van der Waals surface area (Å²) < 4.78 is 0. The molecule has 1 fully saturated rings. The maximum Gasteiger partial charge on any atom is 0.271 e. The Morgan fingerprint density at radius 2 is 1.85 bits per heavy atom. The molecule has 0 unspecified atom stereocenters. The van der Waals surface area contributed by atoms with Gasteiger partial charge in [0.15, 0.2) is 0 Å². The fourth-order valence-electron chi connectivity index (χ4n) is 2.93. The van der Waals surface area contributed by atoms with Crippen LogP contribution in [0.5, 0.6) is 0 Å². The lowest BCUT2D eigenvalue weighted by Crippen LogP contribution is -2.46. The second kappa shape index (κ2) is 8.53. The number of para-hydroxylation sites is 1. The van der Waals surface area contributed by atoms with Gasteiger partial charge in [-0.3, -0.25) is 19.5 Å². The third kappa shape index (κ3) is 5.10. The minimum absolute atomic E-state index is 0.0198. The van der Waals surface area contributed by atoms with Gasteiger partial charge >= 0.3 is 0 Å². The molecule has 7 heteroatoms. The maximum atomic E-state index is 12.2. The third-order valence-electron chi connectivity index (χ3n) is 4.36. The Labute approximate surface area is 152 Å². The van der Waals surface area contributed by atoms with E-state index in [4.69, 9.17) is 0 Å². The van der Waals surface area contributed by atoms with E-state index in [0.717, 1.165) is 37.3 Å². The van der Waals surface area contributed by atoms with Crippen molar-refractivity contribution in [2.24, 2.45) is 0 Å². The molecular weight excluding hydrogens is 330 g/mol. The molecule has 1 aliphatic heterocycles. The maximum absolute atomic E-state index is 12.2. The van der Waals surface area contributed by atoms with Crippen molar-refractivity contribution in [3.8, 4) is 0 Å². The lowest BCUT2D eigenvalue weighted by molar-refractivity contribution is -0.117. The highest BCUT2D eigenvalue weighted by Gasteiger charge is 2.23. The zero-order valence-corrected chi connectivity index (χ0v) is 14.8. The fraction of sp³-hybridized carbons (Fsp3) is 0.368. The van der Waals surface area contributed by atoms with E-state index in [9.17, 15) is 9.59 Å². The second-order valence-corrected chi connectivity index (χ2v) is 6.48. The summed E-state index contributed by atoms with van der Waals surface area (Å²) in [5.41, 5.74) is 1.92. The first-order valence-electron chi connectivity index (χ1n) is 8.77. The molecule has 0 spiro atoms. The van der Waals surface area contributed by atoms with E-state index in [1.54, 1.807) is 6.20 Å². The highest BCUT2D eigenvalue weighted by molar-refractivity contribution is 5.92. The largest absolute Gasteiger partial charge is 0.348 e. The van der Waals surface area contributed by atoms with Gasteiger partial charge in [-0.25, -0.2) is 4.98 Å². The van der Waals surface area contributed by atoms with Crippen molar-refractivity contribution in [1.29, 1.82) is 0 Å². The number of nitrogens with zero attached hydrogens (tertiary/aromatic N) is 3. The monoisotopic (exact) mass is 353 g/mol. The Morgan fingerprint density at radius 1 is 1.12 bits per heavy atom. The number of hydrogen-bond acceptors (Lipinski definition) is 5. The van der Waals surface area contributed by atoms with Crippen LogP contribution in [0.1, 0.15) is 29.0 Å². The van der Waals surface area contributed by atoms with Gasteiger partial charge in [-0.05, 0) is 31.9 Å². The number of aromatic nitrogens is 2. The quantitative estimate of drug-likeness (QED) is 0.853. The number of nitrogens with one attached hydrogen (secondary N) is 2. The molecule has 2 amide bonds. The zero-order valence-electron chi connectivity index (χ0n) is 14.8. The molecule has 1 aliphatic rings. The number of benzene rings is 1. The van der Waals surface area contributed by atoms with Crippen LogP contribution in [0.25, 0.3) is 0 Å². The minimum Gasteiger partial charge on any atom is -0.348 e. The molecule has 1 saturated heterocycles. The first-order chi connectivity index (χ1) is 12.6. The number of carbonyl (C=O) groups is 2. The van der Waals surface area contributed by atoms with Crippen LogP contribution in [-0.2, 0) is 4.79 Å². The highest BCUT2D eigenvalue weighted by Crippen LogP contribution is 2.12. The molecule has 0 aliphatic carbocycles. The molecular formula is C19H23N5O2. The normalized spacial score (nSPS) is 15.4. The molecule has 136 valence electrons. The molecule has 2 N–H and O–H groups in total. The van der Waals surface area contributed by atoms with Crippen LogP contribution >= 0.6 is 0 Å². The number of rotatable bonds is 5. The Kier molecular flexibility index (Phi) is 5.91. The molecule has 2 aromatic rings. The first kappa shape index (κ1) is 18.0. The molecule has 3 rings (SSSR count). The van der Waals surface area contributed by atoms with Crippen LogP contribution < -0.4 is 10.6 Å². The number of likely N-dealkylation sites (tertiary alicyclic amines) is 1. The average Bonchev–Trinajstić information content (AvgIpc) is 2.64. The van der Waals surface area contributed by atoms with E-state index in [-0.39, 0.29) is 17.9 Å². The smallest absolute Gasteiger partial charge is 0.271 e. The Balaban J connectivity index is 1.42. The topological polar surface area (TPSA) is 87.2 Å². The number of carbonyl (C=O) groups excluding carboxylic acids is 2. The van der Waals surface area contributed by atoms with Gasteiger partial charge in [0.05, 0.1) is 18.4 Å². The van der Waals surface area contributed by atoms with E-state index in [2.05, 4.69) is 25.5 Å². The van der Waals surface area contributed by atoms with Gasteiger partial charge in [0.2, 0.25) is 5.91 Å². The number of aryl methyl sites for hydroxylation is 1. The van der Waals surface area contributed by atoms with Gasteiger partial charge in [0, 0.05) is 31.0 Å². The predicted molar refractivity (Wildman–Crippen MR) is 98.8 cm³/mol. The number of piperidine rings is 1. The van der Waals surface area contributed by atoms with E-state index in [1.165, 1.54) is 6.20 Å². The summed E-state index contributed by atoms with van der Waals surface area (Å²) in [4.78, 5) is 34.6. The van der Waals surface area contributed by atoms with Gasteiger partial charge in [-0.15, -0.1) is 0 Å². The van der Waals surface area contributed by atoms with Gasteiger partial charge in [-0.2, -0.15) is 0 Å². The summed E-state index contributed by atoms with van der Waals surface area (Å²) in [6.45, 7) is 3.73. The molecule has 1 aromatic heterocycles. The summed E-state index contributed by atoms with van der Waals surface area (Å²) >= 11 is 0. The van der Waals surface area contributed by atoms with E-state index < -0.39 is 0 Å². The Hall–Kier alpha value is -2.80. The van der Waals surface area contributed by atoms with Crippen molar-refractivity contribution in [2.45, 2.75) is 25.8 Å². The minimum atomic E-state index is -0.197. The zero-order chi connectivity index (χ0) is 18.4. The predicted octanol–water partition coefficient (Wildman–Crippen LogP) is 1.62. The van der Waals surface area contributed by atoms with Crippen LogP contribution in [0.15, 0.2) is 42.7 Å². The molecule has 0 atom stereocenters. The first-order valence-corrected chi connectivity index (χ1v) is 8.77. The highest BCUT2D eigenvalue weighted by atomic mass is 16.2. The second-order valence-electron chi connectivity index (χ2n) is 6.48. The van der Waals surface area contributed by atoms with Gasteiger partial charge in [0.25, 0.3) is 5.91 Å². The molecule has 1 aromatic carbocycles. The van der Waals surface area contributed by atoms with Crippen molar-refractivity contribution < 1.29 is 9.59 Å². The molecule has 26 heavy (non-hydrogen) atoms. The van der Waals surface area contributed by atoms with Crippen LogP contribution in [-0.4, -0.2) is 52.4 Å². The lowest BCUT2D eigenvalue weighted by Gasteiger charge is -2.31. The fourth-order valence-corrected chi connectivity index (χ4v) is 2.93. The van der Waals surface area contributed by atoms with Gasteiger partial charge in [-0.1, -0.05) is 18.2 Å². The van der Waals surface area contributed by atoms with Crippen LogP contribution in [0.4, 0.5) is 5.69 Å². The lowest BCUT2D eigenvalue weighted by atomic mass is 10.0. The van der Waals surface area contributed by atoms with Crippen LogP contribution in [0.2, 0.25) is 0 Å². The third-order valence-corrected chi connectivity index (χ3v) is 4.36. The number of amides is 2. The van der Waals surface area contributed by atoms with E-state index >= 15 is 0 Å². The van der Waals surface area contributed by atoms with Crippen LogP contribution in [0.3, 0.4) is 0 Å². The molecule has 2 heterocycles. The number of hydrogen-bond donors (Lipinski definition) is 2. The molecule has 7 nitrogen and oxygen atoms in total. The van der Waals surface area contributed by atoms with Crippen molar-refractivity contribution in [2.75, 3.05) is 25.0 Å². The van der Waals surface area contributed by atoms with Crippen molar-refractivity contribution >= 4 is 17.5 Å². The molecule has 0 radical (unpaired) electrons.